The fourth-order valence-electron chi connectivity index (χ4n) is 1.41. The van der Waals surface area contributed by atoms with Gasteiger partial charge in [0.1, 0.15) is 8.24 Å². The molecule has 1 N–H and O–H groups in total. The van der Waals surface area contributed by atoms with Gasteiger partial charge in [-0.15, -0.1) is 0 Å². The summed E-state index contributed by atoms with van der Waals surface area (Å²) in [4.78, 5) is 3.55. The summed E-state index contributed by atoms with van der Waals surface area (Å²) in [7, 11) is -0.441. The molecule has 0 bridgehead atoms. The summed E-state index contributed by atoms with van der Waals surface area (Å²) >= 11 is 3.98. The van der Waals surface area contributed by atoms with Gasteiger partial charge in [0, 0.05) is 4.07 Å². The van der Waals surface area contributed by atoms with Gasteiger partial charge in [0.15, 0.2) is 0 Å². The summed E-state index contributed by atoms with van der Waals surface area (Å²) in [5, 5.41) is 0.461. The van der Waals surface area contributed by atoms with Crippen molar-refractivity contribution in [3.8, 4) is 0 Å². The first-order valence-corrected chi connectivity index (χ1v) is 12.4. The molecule has 0 aliphatic heterocycles. The van der Waals surface area contributed by atoms with Gasteiger partial charge < -0.3 is 4.98 Å². The van der Waals surface area contributed by atoms with Crippen molar-refractivity contribution in [2.75, 3.05) is 7.05 Å². The molecule has 0 amide bonds. The summed E-state index contributed by atoms with van der Waals surface area (Å²) < 4.78 is 0.715. The number of hydrogen-bond donors (Lipinski definition) is 1. The monoisotopic (exact) mass is 295 g/mol. The van der Waals surface area contributed by atoms with Gasteiger partial charge >= 0.3 is 0 Å². The van der Waals surface area contributed by atoms with Crippen LogP contribution in [0.5, 0.6) is 0 Å². The van der Waals surface area contributed by atoms with Crippen molar-refractivity contribution in [1.82, 2.24) is 4.98 Å². The minimum absolute atomic E-state index is 0.461. The van der Waals surface area contributed by atoms with Crippen molar-refractivity contribution in [3.05, 3.63) is 0 Å². The van der Waals surface area contributed by atoms with E-state index in [0.29, 0.717) is 9.11 Å². The van der Waals surface area contributed by atoms with Crippen molar-refractivity contribution in [3.63, 3.8) is 0 Å². The highest BCUT2D eigenvalue weighted by atomic mass is 79.9. The number of hydrogen-bond acceptors (Lipinski definition) is 1. The van der Waals surface area contributed by atoms with Crippen molar-refractivity contribution in [2.24, 2.45) is 0 Å². The molecule has 0 aromatic heterocycles. The van der Waals surface area contributed by atoms with Crippen molar-refractivity contribution in [1.29, 1.82) is 0 Å². The fourth-order valence-corrected chi connectivity index (χ4v) is 14.1. The molecule has 0 saturated heterocycles. The van der Waals surface area contributed by atoms with E-state index in [1.165, 1.54) is 0 Å². The molecule has 0 aromatic rings. The second kappa shape index (κ2) is 4.39. The third kappa shape index (κ3) is 2.93. The Morgan fingerprint density at radius 3 is 1.64 bits per heavy atom. The van der Waals surface area contributed by atoms with Gasteiger partial charge in [-0.05, 0) is 12.1 Å². The maximum atomic E-state index is 3.98. The molecule has 86 valence electrons. The van der Waals surface area contributed by atoms with Crippen molar-refractivity contribution >= 4 is 32.2 Å². The van der Waals surface area contributed by atoms with Crippen LogP contribution in [0.3, 0.4) is 0 Å². The second-order valence-electron chi connectivity index (χ2n) is 6.31. The van der Waals surface area contributed by atoms with E-state index in [1.54, 1.807) is 0 Å². The zero-order valence-electron chi connectivity index (χ0n) is 11.0. The highest BCUT2D eigenvalue weighted by molar-refractivity contribution is 9.10. The SMILES string of the molecule is CN[Si](C)(C)C(Br)[Si](C)(C)C(C)(C)C. The van der Waals surface area contributed by atoms with Crippen LogP contribution in [0.15, 0.2) is 0 Å². The van der Waals surface area contributed by atoms with Crippen LogP contribution in [0.25, 0.3) is 0 Å². The van der Waals surface area contributed by atoms with Gasteiger partial charge in [-0.2, -0.15) is 0 Å². The van der Waals surface area contributed by atoms with Crippen molar-refractivity contribution < 1.29 is 0 Å². The van der Waals surface area contributed by atoms with E-state index in [4.69, 9.17) is 0 Å². The van der Waals surface area contributed by atoms with Crippen LogP contribution in [0.2, 0.25) is 31.2 Å². The van der Waals surface area contributed by atoms with Gasteiger partial charge in [0.05, 0.1) is 8.07 Å². The lowest BCUT2D eigenvalue weighted by Crippen LogP contribution is -2.63. The molecule has 14 heavy (non-hydrogen) atoms. The Morgan fingerprint density at radius 2 is 1.43 bits per heavy atom. The summed E-state index contributed by atoms with van der Waals surface area (Å²) in [5.41, 5.74) is 0. The Hall–Kier alpha value is 0.874. The Bertz CT molecular complexity index is 197. The minimum atomic E-state index is -1.30. The minimum Gasteiger partial charge on any atom is -0.340 e. The molecule has 0 aromatic carbocycles. The van der Waals surface area contributed by atoms with Crippen LogP contribution in [-0.2, 0) is 0 Å². The van der Waals surface area contributed by atoms with Crippen LogP contribution >= 0.6 is 15.9 Å². The van der Waals surface area contributed by atoms with Crippen molar-refractivity contribution in [2.45, 2.75) is 56.1 Å². The molecule has 1 unspecified atom stereocenters. The first-order valence-electron chi connectivity index (χ1n) is 5.30. The van der Waals surface area contributed by atoms with Gasteiger partial charge in [-0.25, -0.2) is 0 Å². The summed E-state index contributed by atoms with van der Waals surface area (Å²) in [6, 6.07) is 0. The molecular weight excluding hydrogens is 270 g/mol. The van der Waals surface area contributed by atoms with Gasteiger partial charge in [-0.3, -0.25) is 0 Å². The van der Waals surface area contributed by atoms with Crippen LogP contribution in [0, 0.1) is 0 Å². The lowest BCUT2D eigenvalue weighted by Gasteiger charge is -2.46. The van der Waals surface area contributed by atoms with E-state index in [9.17, 15) is 0 Å². The average molecular weight is 296 g/mol. The molecule has 0 spiro atoms. The summed E-state index contributed by atoms with van der Waals surface area (Å²) in [6.45, 7) is 17.0. The van der Waals surface area contributed by atoms with E-state index >= 15 is 0 Å². The Labute approximate surface area is 100 Å². The third-order valence-electron chi connectivity index (χ3n) is 3.84. The molecule has 0 fully saturated rings. The Kier molecular flexibility index (Phi) is 4.67. The van der Waals surface area contributed by atoms with Crippen LogP contribution in [0.1, 0.15) is 20.8 Å². The standard InChI is InChI=1S/C10H26BrNSi2/c1-10(2,3)13(5,6)9(11)14(7,8)12-4/h9,12H,1-8H3. The predicted molar refractivity (Wildman–Crippen MR) is 76.5 cm³/mol. The van der Waals surface area contributed by atoms with Gasteiger partial charge in [0.25, 0.3) is 0 Å². The molecule has 0 saturated carbocycles. The molecule has 0 aliphatic carbocycles. The normalized spacial score (nSPS) is 16.9. The fraction of sp³-hybridized carbons (Fsp3) is 1.00. The van der Waals surface area contributed by atoms with E-state index in [1.807, 2.05) is 0 Å². The van der Waals surface area contributed by atoms with E-state index in [-0.39, 0.29) is 0 Å². The van der Waals surface area contributed by atoms with E-state index in [0.717, 1.165) is 0 Å². The molecule has 0 rings (SSSR count). The lowest BCUT2D eigenvalue weighted by atomic mass is 10.2. The summed E-state index contributed by atoms with van der Waals surface area (Å²) in [6.07, 6.45) is 0. The van der Waals surface area contributed by atoms with Crippen LogP contribution in [0.4, 0.5) is 0 Å². The molecule has 4 heteroatoms. The van der Waals surface area contributed by atoms with E-state index in [2.05, 4.69) is 74.9 Å². The third-order valence-corrected chi connectivity index (χ3v) is 22.7. The quantitative estimate of drug-likeness (QED) is 0.617. The molecule has 1 atom stereocenters. The first kappa shape index (κ1) is 14.9. The smallest absolute Gasteiger partial charge is 0.130 e. The molecule has 0 aliphatic rings. The Morgan fingerprint density at radius 1 is 1.07 bits per heavy atom. The molecule has 0 radical (unpaired) electrons. The number of alkyl halides is 1. The zero-order chi connectivity index (χ0) is 11.8. The predicted octanol–water partition coefficient (Wildman–Crippen LogP) is 3.76. The van der Waals surface area contributed by atoms with E-state index < -0.39 is 16.3 Å². The maximum absolute atomic E-state index is 3.98. The highest BCUT2D eigenvalue weighted by Gasteiger charge is 2.47. The largest absolute Gasteiger partial charge is 0.340 e. The number of nitrogens with one attached hydrogen (secondary N) is 1. The molecular formula is C10H26BrNSi2. The topological polar surface area (TPSA) is 12.0 Å². The second-order valence-corrected chi connectivity index (χ2v) is 19.5. The van der Waals surface area contributed by atoms with Crippen LogP contribution in [-0.4, -0.2) is 27.4 Å². The molecule has 1 nitrogen and oxygen atoms in total. The average Bonchev–Trinajstić information content (AvgIpc) is 2.01. The number of rotatable bonds is 3. The Balaban J connectivity index is 4.94. The van der Waals surface area contributed by atoms with Gasteiger partial charge in [0.2, 0.25) is 0 Å². The maximum Gasteiger partial charge on any atom is 0.130 e. The lowest BCUT2D eigenvalue weighted by molar-refractivity contribution is 0.718. The van der Waals surface area contributed by atoms with Gasteiger partial charge in [-0.1, -0.05) is 62.9 Å². The molecule has 0 heterocycles. The zero-order valence-corrected chi connectivity index (χ0v) is 14.5. The highest BCUT2D eigenvalue weighted by Crippen LogP contribution is 2.42. The van der Waals surface area contributed by atoms with Crippen LogP contribution < -0.4 is 4.98 Å². The number of halogens is 1. The first-order chi connectivity index (χ1) is 5.97. The summed E-state index contributed by atoms with van der Waals surface area (Å²) in [5.74, 6) is 0.